The molecule has 2 aromatic rings. The van der Waals surface area contributed by atoms with Crippen molar-refractivity contribution in [2.75, 3.05) is 19.1 Å². The summed E-state index contributed by atoms with van der Waals surface area (Å²) in [4.78, 5) is 17.6. The number of fused-ring (bicyclic) bond motifs is 1. The van der Waals surface area contributed by atoms with Crippen LogP contribution in [0.1, 0.15) is 27.2 Å². The van der Waals surface area contributed by atoms with Gasteiger partial charge in [0.05, 0.1) is 11.8 Å². The van der Waals surface area contributed by atoms with Crippen molar-refractivity contribution in [2.24, 2.45) is 5.41 Å². The number of aromatic nitrogens is 2. The van der Waals surface area contributed by atoms with Gasteiger partial charge < -0.3 is 19.8 Å². The van der Waals surface area contributed by atoms with E-state index in [1.807, 2.05) is 18.0 Å². The smallest absolute Gasteiger partial charge is 0.372 e. The second-order valence-corrected chi connectivity index (χ2v) is 6.93. The molecule has 0 radical (unpaired) electrons. The van der Waals surface area contributed by atoms with Gasteiger partial charge in [-0.05, 0) is 24.3 Å². The Morgan fingerprint density at radius 2 is 2.13 bits per heavy atom. The van der Waals surface area contributed by atoms with E-state index < -0.39 is 0 Å². The fraction of sp³-hybridized carbons (Fsp3) is 0.562. The summed E-state index contributed by atoms with van der Waals surface area (Å²) in [5.74, 6) is 0.405. The van der Waals surface area contributed by atoms with Gasteiger partial charge in [0.1, 0.15) is 0 Å². The van der Waals surface area contributed by atoms with Gasteiger partial charge >= 0.3 is 5.82 Å². The van der Waals surface area contributed by atoms with Gasteiger partial charge in [0.2, 0.25) is 11.5 Å². The summed E-state index contributed by atoms with van der Waals surface area (Å²) >= 11 is 0. The largest absolute Gasteiger partial charge is 0.378 e. The van der Waals surface area contributed by atoms with Crippen molar-refractivity contribution >= 4 is 17.3 Å². The van der Waals surface area contributed by atoms with Gasteiger partial charge in [-0.3, -0.25) is 0 Å². The van der Waals surface area contributed by atoms with E-state index in [9.17, 15) is 10.1 Å². The summed E-state index contributed by atoms with van der Waals surface area (Å²) in [6, 6.07) is 5.48. The number of rotatable bonds is 4. The average Bonchev–Trinajstić information content (AvgIpc) is 2.91. The van der Waals surface area contributed by atoms with E-state index in [-0.39, 0.29) is 27.8 Å². The molecule has 2 atom stereocenters. The van der Waals surface area contributed by atoms with Crippen molar-refractivity contribution in [1.82, 2.24) is 9.38 Å². The second-order valence-electron chi connectivity index (χ2n) is 6.93. The van der Waals surface area contributed by atoms with Crippen LogP contribution in [0.3, 0.4) is 0 Å². The van der Waals surface area contributed by atoms with Crippen LogP contribution in [-0.4, -0.2) is 40.1 Å². The van der Waals surface area contributed by atoms with E-state index in [0.29, 0.717) is 11.5 Å². The number of methoxy groups -OCH3 is 1. The maximum atomic E-state index is 11.6. The Balaban J connectivity index is 2.04. The quantitative estimate of drug-likeness (QED) is 0.640. The summed E-state index contributed by atoms with van der Waals surface area (Å²) < 4.78 is 7.18. The van der Waals surface area contributed by atoms with E-state index >= 15 is 0 Å². The predicted octanol–water partition coefficient (Wildman–Crippen LogP) is 2.88. The Hall–Kier alpha value is -2.15. The first kappa shape index (κ1) is 15.7. The van der Waals surface area contributed by atoms with E-state index in [2.05, 4.69) is 25.8 Å². The molecule has 0 saturated heterocycles. The molecule has 7 heteroatoms. The number of imidazole rings is 1. The third-order valence-electron chi connectivity index (χ3n) is 5.69. The van der Waals surface area contributed by atoms with Crippen molar-refractivity contribution in [1.29, 1.82) is 0 Å². The number of hydrogen-bond donors (Lipinski definition) is 0. The van der Waals surface area contributed by atoms with Gasteiger partial charge in [-0.1, -0.05) is 19.9 Å². The van der Waals surface area contributed by atoms with Crippen molar-refractivity contribution < 1.29 is 9.66 Å². The normalized spacial score (nSPS) is 26.0. The molecule has 2 aromatic heterocycles. The van der Waals surface area contributed by atoms with Crippen LogP contribution in [0, 0.1) is 15.5 Å². The summed E-state index contributed by atoms with van der Waals surface area (Å²) in [7, 11) is 3.59. The van der Waals surface area contributed by atoms with Gasteiger partial charge in [0.25, 0.3) is 0 Å². The maximum Gasteiger partial charge on any atom is 0.372 e. The maximum absolute atomic E-state index is 11.6. The molecular formula is C16H22N4O3. The molecule has 0 amide bonds. The Bertz CT molecular complexity index is 770. The summed E-state index contributed by atoms with van der Waals surface area (Å²) in [6.07, 6.45) is 2.47. The summed E-state index contributed by atoms with van der Waals surface area (Å²) in [5, 5.41) is 11.6. The lowest BCUT2D eigenvalue weighted by molar-refractivity contribution is -0.389. The molecule has 7 nitrogen and oxygen atoms in total. The molecule has 1 saturated carbocycles. The average molecular weight is 318 g/mol. The highest BCUT2D eigenvalue weighted by atomic mass is 16.6. The number of anilines is 1. The second kappa shape index (κ2) is 4.92. The molecule has 1 aliphatic rings. The zero-order chi connectivity index (χ0) is 17.0. The minimum Gasteiger partial charge on any atom is -0.378 e. The predicted molar refractivity (Wildman–Crippen MR) is 87.8 cm³/mol. The van der Waals surface area contributed by atoms with Gasteiger partial charge in [0, 0.05) is 31.7 Å². The third kappa shape index (κ3) is 2.03. The molecule has 0 spiro atoms. The number of hydrogen-bond acceptors (Lipinski definition) is 5. The van der Waals surface area contributed by atoms with Crippen molar-refractivity contribution in [3.63, 3.8) is 0 Å². The highest BCUT2D eigenvalue weighted by molar-refractivity contribution is 5.64. The van der Waals surface area contributed by atoms with E-state index in [1.54, 1.807) is 25.4 Å². The molecule has 3 rings (SSSR count). The monoisotopic (exact) mass is 318 g/mol. The van der Waals surface area contributed by atoms with E-state index in [4.69, 9.17) is 4.74 Å². The minimum absolute atomic E-state index is 0.00456. The molecule has 0 unspecified atom stereocenters. The van der Waals surface area contributed by atoms with Gasteiger partial charge in [0.15, 0.2) is 0 Å². The zero-order valence-corrected chi connectivity index (χ0v) is 14.1. The van der Waals surface area contributed by atoms with Crippen molar-refractivity contribution in [3.05, 3.63) is 34.5 Å². The molecule has 0 aromatic carbocycles. The van der Waals surface area contributed by atoms with Crippen LogP contribution in [0.2, 0.25) is 0 Å². The fourth-order valence-electron chi connectivity index (χ4n) is 3.60. The van der Waals surface area contributed by atoms with Crippen LogP contribution >= 0.6 is 0 Å². The van der Waals surface area contributed by atoms with Crippen molar-refractivity contribution in [3.8, 4) is 0 Å². The molecule has 0 bridgehead atoms. The molecular weight excluding hydrogens is 296 g/mol. The standard InChI is InChI=1S/C16H22N4O3/c1-15(2)11(10-16(15,3)23-5)18(4)13-14(20(21)22)19-9-7-6-8-12(19)17-13/h6-9,11H,10H2,1-5H3/t11-,16-/m0/s1. The van der Waals surface area contributed by atoms with E-state index in [0.717, 1.165) is 6.42 Å². The molecule has 23 heavy (non-hydrogen) atoms. The van der Waals surface area contributed by atoms with Gasteiger partial charge in [-0.15, -0.1) is 0 Å². The summed E-state index contributed by atoms with van der Waals surface area (Å²) in [6.45, 7) is 6.33. The fourth-order valence-corrected chi connectivity index (χ4v) is 3.60. The molecule has 124 valence electrons. The van der Waals surface area contributed by atoms with Gasteiger partial charge in [-0.2, -0.15) is 9.38 Å². The Morgan fingerprint density at radius 3 is 2.70 bits per heavy atom. The molecule has 0 N–H and O–H groups in total. The number of nitrogens with zero attached hydrogens (tertiary/aromatic N) is 4. The summed E-state index contributed by atoms with van der Waals surface area (Å²) in [5.41, 5.74) is 0.202. The number of pyridine rings is 1. The Kier molecular flexibility index (Phi) is 3.37. The van der Waals surface area contributed by atoms with Crippen LogP contribution < -0.4 is 4.90 Å². The van der Waals surface area contributed by atoms with Crippen LogP contribution in [-0.2, 0) is 4.74 Å². The molecule has 0 aliphatic heterocycles. The van der Waals surface area contributed by atoms with Crippen molar-refractivity contribution in [2.45, 2.75) is 38.8 Å². The van der Waals surface area contributed by atoms with Crippen LogP contribution in [0.5, 0.6) is 0 Å². The van der Waals surface area contributed by atoms with Crippen LogP contribution in [0.4, 0.5) is 11.6 Å². The lowest BCUT2D eigenvalue weighted by atomic mass is 9.55. The SMILES string of the molecule is CO[C@@]1(C)C[C@H](N(C)c2nc3ccccn3c2[N+](=O)[O-])C1(C)C. The minimum atomic E-state index is -0.368. The highest BCUT2D eigenvalue weighted by Crippen LogP contribution is 2.54. The number of ether oxygens (including phenoxy) is 1. The Labute approximate surface area is 135 Å². The highest BCUT2D eigenvalue weighted by Gasteiger charge is 2.60. The molecule has 1 fully saturated rings. The molecule has 1 aliphatic carbocycles. The van der Waals surface area contributed by atoms with Crippen LogP contribution in [0.15, 0.2) is 24.4 Å². The van der Waals surface area contributed by atoms with Gasteiger partial charge in [-0.25, -0.2) is 0 Å². The lowest BCUT2D eigenvalue weighted by Crippen LogP contribution is -2.68. The van der Waals surface area contributed by atoms with E-state index in [1.165, 1.54) is 4.40 Å². The zero-order valence-electron chi connectivity index (χ0n) is 14.1. The topological polar surface area (TPSA) is 72.9 Å². The molecule has 2 heterocycles. The number of nitro groups is 1. The van der Waals surface area contributed by atoms with Crippen LogP contribution in [0.25, 0.3) is 5.65 Å². The third-order valence-corrected chi connectivity index (χ3v) is 5.69. The lowest BCUT2D eigenvalue weighted by Gasteiger charge is -2.61. The first-order valence-electron chi connectivity index (χ1n) is 7.62. The Morgan fingerprint density at radius 1 is 1.43 bits per heavy atom. The first-order chi connectivity index (χ1) is 10.7. The first-order valence-corrected chi connectivity index (χ1v) is 7.62.